The van der Waals surface area contributed by atoms with Gasteiger partial charge in [-0.25, -0.2) is 13.5 Å². The highest BCUT2D eigenvalue weighted by Crippen LogP contribution is 2.28. The van der Waals surface area contributed by atoms with Gasteiger partial charge in [0.15, 0.2) is 17.3 Å². The van der Waals surface area contributed by atoms with E-state index in [2.05, 4.69) is 16.0 Å². The molecule has 2 amide bonds. The summed E-state index contributed by atoms with van der Waals surface area (Å²) in [4.78, 5) is 25.2. The van der Waals surface area contributed by atoms with Crippen molar-refractivity contribution in [3.05, 3.63) is 75.6 Å². The van der Waals surface area contributed by atoms with E-state index in [-0.39, 0.29) is 17.0 Å². The Morgan fingerprint density at radius 3 is 2.58 bits per heavy atom. The van der Waals surface area contributed by atoms with Crippen molar-refractivity contribution in [2.75, 3.05) is 7.11 Å². The normalized spacial score (nSPS) is 12.4. The van der Waals surface area contributed by atoms with E-state index in [1.54, 1.807) is 0 Å². The Bertz CT molecular complexity index is 1200. The molecule has 0 unspecified atom stereocenters. The second-order valence-corrected chi connectivity index (χ2v) is 7.33. The maximum Gasteiger partial charge on any atom is 0.290 e. The van der Waals surface area contributed by atoms with E-state index in [0.717, 1.165) is 24.2 Å². The number of fused-ring (bicyclic) bond motifs is 1. The predicted molar refractivity (Wildman–Crippen MR) is 108 cm³/mol. The molecule has 2 N–H and O–H groups in total. The van der Waals surface area contributed by atoms with Crippen LogP contribution in [0.1, 0.15) is 38.5 Å². The van der Waals surface area contributed by atoms with Crippen molar-refractivity contribution in [3.8, 4) is 11.4 Å². The molecule has 1 aliphatic carbocycles. The monoisotopic (exact) mass is 446 g/mol. The van der Waals surface area contributed by atoms with Crippen molar-refractivity contribution in [1.29, 1.82) is 0 Å². The number of amides is 2. The van der Waals surface area contributed by atoms with Gasteiger partial charge in [-0.1, -0.05) is 11.6 Å². The van der Waals surface area contributed by atoms with Crippen LogP contribution >= 0.6 is 11.6 Å². The van der Waals surface area contributed by atoms with E-state index >= 15 is 0 Å². The molecule has 0 fully saturated rings. The van der Waals surface area contributed by atoms with Gasteiger partial charge in [0, 0.05) is 22.3 Å². The van der Waals surface area contributed by atoms with E-state index in [9.17, 15) is 18.4 Å². The van der Waals surface area contributed by atoms with E-state index in [4.69, 9.17) is 16.3 Å². The molecule has 0 atom stereocenters. The van der Waals surface area contributed by atoms with Gasteiger partial charge in [-0.15, -0.1) is 0 Å². The summed E-state index contributed by atoms with van der Waals surface area (Å²) < 4.78 is 33.5. The summed E-state index contributed by atoms with van der Waals surface area (Å²) >= 11 is 5.90. The highest BCUT2D eigenvalue weighted by molar-refractivity contribution is 6.30. The molecule has 0 bridgehead atoms. The maximum atomic E-state index is 13.7. The number of hydrazine groups is 1. The van der Waals surface area contributed by atoms with Gasteiger partial charge in [0.05, 0.1) is 18.4 Å². The summed E-state index contributed by atoms with van der Waals surface area (Å²) in [6.45, 7) is 0. The number of halogens is 3. The molecule has 1 aliphatic rings. The van der Waals surface area contributed by atoms with Gasteiger partial charge in [0.2, 0.25) is 0 Å². The van der Waals surface area contributed by atoms with Gasteiger partial charge in [-0.2, -0.15) is 5.10 Å². The summed E-state index contributed by atoms with van der Waals surface area (Å²) in [6.07, 6.45) is 2.05. The number of hydrogen-bond donors (Lipinski definition) is 2. The molecule has 0 radical (unpaired) electrons. The highest BCUT2D eigenvalue weighted by Gasteiger charge is 2.27. The summed E-state index contributed by atoms with van der Waals surface area (Å²) in [5.41, 5.74) is 6.74. The molecule has 0 spiro atoms. The van der Waals surface area contributed by atoms with Crippen LogP contribution in [0.5, 0.6) is 5.75 Å². The Morgan fingerprint density at radius 1 is 1.06 bits per heavy atom. The molecule has 2 aromatic carbocycles. The Hall–Kier alpha value is -3.46. The lowest BCUT2D eigenvalue weighted by Gasteiger charge is -2.10. The van der Waals surface area contributed by atoms with Crippen LogP contribution in [0.2, 0.25) is 5.02 Å². The fourth-order valence-electron chi connectivity index (χ4n) is 3.54. The van der Waals surface area contributed by atoms with Crippen molar-refractivity contribution in [2.45, 2.75) is 19.3 Å². The maximum absolute atomic E-state index is 13.7. The van der Waals surface area contributed by atoms with Gasteiger partial charge >= 0.3 is 0 Å². The second kappa shape index (κ2) is 8.35. The van der Waals surface area contributed by atoms with Crippen molar-refractivity contribution in [3.63, 3.8) is 0 Å². The molecule has 3 aromatic rings. The number of rotatable bonds is 4. The van der Waals surface area contributed by atoms with Crippen LogP contribution < -0.4 is 15.6 Å². The van der Waals surface area contributed by atoms with Gasteiger partial charge < -0.3 is 4.74 Å². The SMILES string of the molecule is COc1cc(Cl)ccc1C(=O)NNC(=O)c1nn(-c2ccc(F)c(F)c2)c2c1CCC2. The summed E-state index contributed by atoms with van der Waals surface area (Å²) in [7, 11) is 1.40. The summed E-state index contributed by atoms with van der Waals surface area (Å²) in [5, 5.41) is 4.69. The van der Waals surface area contributed by atoms with Crippen LogP contribution in [0.4, 0.5) is 8.78 Å². The molecular weight excluding hydrogens is 430 g/mol. The largest absolute Gasteiger partial charge is 0.496 e. The first-order valence-electron chi connectivity index (χ1n) is 9.39. The van der Waals surface area contributed by atoms with Crippen LogP contribution in [0.15, 0.2) is 36.4 Å². The molecule has 4 rings (SSSR count). The summed E-state index contributed by atoms with van der Waals surface area (Å²) in [5.74, 6) is -2.94. The average Bonchev–Trinajstić information content (AvgIpc) is 3.36. The van der Waals surface area contributed by atoms with Crippen molar-refractivity contribution < 1.29 is 23.1 Å². The smallest absolute Gasteiger partial charge is 0.290 e. The number of hydrogen-bond acceptors (Lipinski definition) is 4. The zero-order valence-electron chi connectivity index (χ0n) is 16.3. The number of carbonyl (C=O) groups is 2. The third-order valence-electron chi connectivity index (χ3n) is 4.99. The third kappa shape index (κ3) is 3.96. The molecule has 0 aliphatic heterocycles. The van der Waals surface area contributed by atoms with Crippen LogP contribution in [0.25, 0.3) is 5.69 Å². The number of nitrogens with one attached hydrogen (secondary N) is 2. The van der Waals surface area contributed by atoms with E-state index < -0.39 is 23.4 Å². The zero-order chi connectivity index (χ0) is 22.1. The Labute approximate surface area is 180 Å². The lowest BCUT2D eigenvalue weighted by molar-refractivity contribution is 0.0841. The predicted octanol–water partition coefficient (Wildman–Crippen LogP) is 3.38. The van der Waals surface area contributed by atoms with Crippen LogP contribution in [-0.4, -0.2) is 28.7 Å². The lowest BCUT2D eigenvalue weighted by Crippen LogP contribution is -2.42. The molecule has 1 aromatic heterocycles. The molecule has 10 heteroatoms. The van der Waals surface area contributed by atoms with E-state index in [1.165, 1.54) is 36.1 Å². The van der Waals surface area contributed by atoms with Crippen LogP contribution in [0.3, 0.4) is 0 Å². The minimum Gasteiger partial charge on any atom is -0.496 e. The van der Waals surface area contributed by atoms with E-state index in [0.29, 0.717) is 29.1 Å². The molecular formula is C21H17ClF2N4O3. The van der Waals surface area contributed by atoms with Gasteiger partial charge in [0.25, 0.3) is 11.8 Å². The van der Waals surface area contributed by atoms with Crippen molar-refractivity contribution in [1.82, 2.24) is 20.6 Å². The molecule has 160 valence electrons. The lowest BCUT2D eigenvalue weighted by atomic mass is 10.2. The first kappa shape index (κ1) is 20.8. The number of nitrogens with zero attached hydrogens (tertiary/aromatic N) is 2. The number of carbonyl (C=O) groups excluding carboxylic acids is 2. The van der Waals surface area contributed by atoms with Crippen LogP contribution in [0, 0.1) is 11.6 Å². The molecule has 0 saturated heterocycles. The minimum absolute atomic E-state index is 0.112. The average molecular weight is 447 g/mol. The Balaban J connectivity index is 1.56. The zero-order valence-corrected chi connectivity index (χ0v) is 17.1. The molecule has 7 nitrogen and oxygen atoms in total. The number of benzene rings is 2. The number of ether oxygens (including phenoxy) is 1. The standard InChI is InChI=1S/C21H17ClF2N4O3/c1-31-18-9-11(22)5-7-14(18)20(29)25-26-21(30)19-13-3-2-4-17(13)28(27-19)12-6-8-15(23)16(24)10-12/h5-10H,2-4H2,1H3,(H,25,29)(H,26,30). The Kier molecular flexibility index (Phi) is 5.60. The Morgan fingerprint density at radius 2 is 1.84 bits per heavy atom. The fourth-order valence-corrected chi connectivity index (χ4v) is 3.70. The van der Waals surface area contributed by atoms with E-state index in [1.807, 2.05) is 0 Å². The van der Waals surface area contributed by atoms with Crippen molar-refractivity contribution >= 4 is 23.4 Å². The number of methoxy groups -OCH3 is 1. The minimum atomic E-state index is -1.00. The fraction of sp³-hybridized carbons (Fsp3) is 0.190. The third-order valence-corrected chi connectivity index (χ3v) is 5.23. The van der Waals surface area contributed by atoms with Crippen LogP contribution in [-0.2, 0) is 12.8 Å². The number of aromatic nitrogens is 2. The highest BCUT2D eigenvalue weighted by atomic mass is 35.5. The first-order chi connectivity index (χ1) is 14.9. The molecule has 1 heterocycles. The van der Waals surface area contributed by atoms with Crippen molar-refractivity contribution in [2.24, 2.45) is 0 Å². The first-order valence-corrected chi connectivity index (χ1v) is 9.77. The molecule has 0 saturated carbocycles. The van der Waals surface area contributed by atoms with Gasteiger partial charge in [-0.3, -0.25) is 20.4 Å². The van der Waals surface area contributed by atoms with Gasteiger partial charge in [0.1, 0.15) is 5.75 Å². The quantitative estimate of drug-likeness (QED) is 0.602. The topological polar surface area (TPSA) is 85.2 Å². The summed E-state index contributed by atoms with van der Waals surface area (Å²) in [6, 6.07) is 7.90. The van der Waals surface area contributed by atoms with Gasteiger partial charge in [-0.05, 0) is 49.6 Å². The molecule has 31 heavy (non-hydrogen) atoms. The second-order valence-electron chi connectivity index (χ2n) is 6.89.